The fourth-order valence-corrected chi connectivity index (χ4v) is 1.19. The van der Waals surface area contributed by atoms with Crippen LogP contribution >= 0.6 is 0 Å². The van der Waals surface area contributed by atoms with E-state index in [0.717, 1.165) is 0 Å². The molecule has 0 spiro atoms. The third-order valence-corrected chi connectivity index (χ3v) is 1.96. The minimum Gasteiger partial charge on any atom is -0.479 e. The Kier molecular flexibility index (Phi) is 2.86. The van der Waals surface area contributed by atoms with Crippen LogP contribution < -0.4 is 15.8 Å². The third kappa shape index (κ3) is 2.02. The monoisotopic (exact) mass is 221 g/mol. The summed E-state index contributed by atoms with van der Waals surface area (Å²) in [6, 6.07) is 1.75. The van der Waals surface area contributed by atoms with Crippen LogP contribution in [0.5, 0.6) is 5.88 Å². The lowest BCUT2D eigenvalue weighted by Gasteiger charge is -2.08. The molecule has 16 heavy (non-hydrogen) atoms. The lowest BCUT2D eigenvalue weighted by Crippen LogP contribution is -2.06. The van der Waals surface area contributed by atoms with Gasteiger partial charge in [-0.2, -0.15) is 4.98 Å². The zero-order valence-electron chi connectivity index (χ0n) is 8.67. The van der Waals surface area contributed by atoms with Crippen molar-refractivity contribution in [2.75, 3.05) is 18.2 Å². The van der Waals surface area contributed by atoms with Crippen LogP contribution in [0.3, 0.4) is 0 Å². The van der Waals surface area contributed by atoms with Gasteiger partial charge in [0.2, 0.25) is 5.88 Å². The van der Waals surface area contributed by atoms with Gasteiger partial charge in [-0.05, 0) is 0 Å². The molecule has 7 nitrogen and oxygen atoms in total. The Hall–Kier alpha value is -2.31. The van der Waals surface area contributed by atoms with Gasteiger partial charge in [0.15, 0.2) is 11.6 Å². The maximum absolute atomic E-state index is 5.77. The maximum atomic E-state index is 5.77. The van der Waals surface area contributed by atoms with Gasteiger partial charge in [0.1, 0.15) is 12.0 Å². The van der Waals surface area contributed by atoms with Crippen LogP contribution in [0.25, 0.3) is 0 Å². The maximum Gasteiger partial charge on any atom is 0.242 e. The van der Waals surface area contributed by atoms with Crippen molar-refractivity contribution in [2.45, 2.75) is 6.54 Å². The first-order chi connectivity index (χ1) is 7.81. The summed E-state index contributed by atoms with van der Waals surface area (Å²) in [6.07, 6.45) is 2.94. The number of hydrogen-bond acceptors (Lipinski definition) is 7. The highest BCUT2D eigenvalue weighted by molar-refractivity contribution is 5.66. The van der Waals surface area contributed by atoms with E-state index in [2.05, 4.69) is 20.4 Å². The predicted molar refractivity (Wildman–Crippen MR) is 56.8 cm³/mol. The highest BCUT2D eigenvalue weighted by Gasteiger charge is 2.08. The molecule has 3 N–H and O–H groups in total. The molecule has 7 heteroatoms. The zero-order chi connectivity index (χ0) is 11.4. The Balaban J connectivity index is 2.09. The van der Waals surface area contributed by atoms with Gasteiger partial charge in [-0.15, -0.1) is 0 Å². The summed E-state index contributed by atoms with van der Waals surface area (Å²) in [5, 5.41) is 6.59. The molecular formula is C9H11N5O2. The van der Waals surface area contributed by atoms with Crippen molar-refractivity contribution in [3.8, 4) is 5.88 Å². The van der Waals surface area contributed by atoms with Crippen molar-refractivity contribution in [3.05, 3.63) is 24.4 Å². The van der Waals surface area contributed by atoms with Gasteiger partial charge in [-0.1, -0.05) is 5.16 Å². The molecule has 0 saturated carbocycles. The lowest BCUT2D eigenvalue weighted by molar-refractivity contribution is 0.387. The number of rotatable bonds is 4. The number of aromatic nitrogens is 3. The number of nitrogens with two attached hydrogens (primary N) is 1. The fourth-order valence-electron chi connectivity index (χ4n) is 1.19. The van der Waals surface area contributed by atoms with Crippen molar-refractivity contribution < 1.29 is 9.26 Å². The van der Waals surface area contributed by atoms with Crippen molar-refractivity contribution in [1.29, 1.82) is 0 Å². The van der Waals surface area contributed by atoms with E-state index in [1.165, 1.54) is 13.4 Å². The van der Waals surface area contributed by atoms with Gasteiger partial charge in [0.05, 0.1) is 19.9 Å². The molecule has 0 aliphatic carbocycles. The Morgan fingerprint density at radius 3 is 3.06 bits per heavy atom. The first-order valence-corrected chi connectivity index (χ1v) is 4.59. The van der Waals surface area contributed by atoms with E-state index in [1.54, 1.807) is 12.3 Å². The molecule has 0 aliphatic rings. The van der Waals surface area contributed by atoms with Crippen LogP contribution in [-0.4, -0.2) is 22.2 Å². The standard InChI is InChI=1S/C9H11N5O2/c1-15-9-7(10)8(12-5-13-9)11-4-6-2-3-14-16-6/h2-3,5H,4,10H2,1H3,(H,11,12,13). The molecule has 84 valence electrons. The molecule has 2 aromatic heterocycles. The molecule has 0 aromatic carbocycles. The van der Waals surface area contributed by atoms with Crippen LogP contribution in [0.15, 0.2) is 23.1 Å². The van der Waals surface area contributed by atoms with Gasteiger partial charge < -0.3 is 20.3 Å². The molecule has 0 unspecified atom stereocenters. The number of anilines is 2. The average molecular weight is 221 g/mol. The molecular weight excluding hydrogens is 210 g/mol. The Morgan fingerprint density at radius 1 is 1.50 bits per heavy atom. The summed E-state index contributed by atoms with van der Waals surface area (Å²) >= 11 is 0. The van der Waals surface area contributed by atoms with Crippen molar-refractivity contribution >= 4 is 11.5 Å². The number of methoxy groups -OCH3 is 1. The van der Waals surface area contributed by atoms with E-state index < -0.39 is 0 Å². The molecule has 0 aliphatic heterocycles. The van der Waals surface area contributed by atoms with Crippen LogP contribution in [-0.2, 0) is 6.54 Å². The van der Waals surface area contributed by atoms with E-state index in [9.17, 15) is 0 Å². The van der Waals surface area contributed by atoms with Gasteiger partial charge in [-0.3, -0.25) is 0 Å². The molecule has 2 heterocycles. The van der Waals surface area contributed by atoms with Gasteiger partial charge in [0.25, 0.3) is 0 Å². The molecule has 2 aromatic rings. The van der Waals surface area contributed by atoms with Gasteiger partial charge >= 0.3 is 0 Å². The summed E-state index contributed by atoms with van der Waals surface area (Å²) in [7, 11) is 1.50. The molecule has 0 atom stereocenters. The SMILES string of the molecule is COc1ncnc(NCc2ccno2)c1N. The molecule has 0 saturated heterocycles. The molecule has 2 rings (SSSR count). The van der Waals surface area contributed by atoms with Crippen LogP contribution in [0.4, 0.5) is 11.5 Å². The second kappa shape index (κ2) is 4.47. The van der Waals surface area contributed by atoms with Crippen molar-refractivity contribution in [3.63, 3.8) is 0 Å². The lowest BCUT2D eigenvalue weighted by atomic mass is 10.4. The topological polar surface area (TPSA) is 99.1 Å². The first-order valence-electron chi connectivity index (χ1n) is 4.59. The summed E-state index contributed by atoms with van der Waals surface area (Å²) in [6.45, 7) is 0.449. The van der Waals surface area contributed by atoms with E-state index in [1.807, 2.05) is 0 Å². The van der Waals surface area contributed by atoms with Crippen molar-refractivity contribution in [2.24, 2.45) is 0 Å². The van der Waals surface area contributed by atoms with E-state index in [4.69, 9.17) is 15.0 Å². The molecule has 0 fully saturated rings. The number of hydrogen-bond donors (Lipinski definition) is 2. The molecule has 0 amide bonds. The van der Waals surface area contributed by atoms with Crippen LogP contribution in [0.1, 0.15) is 5.76 Å². The minimum absolute atomic E-state index is 0.343. The van der Waals surface area contributed by atoms with Crippen LogP contribution in [0, 0.1) is 0 Å². The summed E-state index contributed by atoms with van der Waals surface area (Å²) < 4.78 is 9.89. The fraction of sp³-hybridized carbons (Fsp3) is 0.222. The molecule has 0 radical (unpaired) electrons. The van der Waals surface area contributed by atoms with Crippen LogP contribution in [0.2, 0.25) is 0 Å². The third-order valence-electron chi connectivity index (χ3n) is 1.96. The number of nitrogens with one attached hydrogen (secondary N) is 1. The Morgan fingerprint density at radius 2 is 2.38 bits per heavy atom. The number of ether oxygens (including phenoxy) is 1. The van der Waals surface area contributed by atoms with Gasteiger partial charge in [-0.25, -0.2) is 4.98 Å². The van der Waals surface area contributed by atoms with Gasteiger partial charge in [0, 0.05) is 6.07 Å². The first kappa shape index (κ1) is 10.2. The number of nitrogen functional groups attached to an aromatic ring is 1. The zero-order valence-corrected chi connectivity index (χ0v) is 8.67. The quantitative estimate of drug-likeness (QED) is 0.782. The normalized spacial score (nSPS) is 10.1. The summed E-state index contributed by atoms with van der Waals surface area (Å²) in [5.74, 6) is 1.54. The highest BCUT2D eigenvalue weighted by Crippen LogP contribution is 2.24. The van der Waals surface area contributed by atoms with E-state index >= 15 is 0 Å². The Bertz CT molecular complexity index is 457. The number of nitrogens with zero attached hydrogens (tertiary/aromatic N) is 3. The summed E-state index contributed by atoms with van der Waals surface area (Å²) in [5.41, 5.74) is 6.14. The highest BCUT2D eigenvalue weighted by atomic mass is 16.5. The second-order valence-electron chi connectivity index (χ2n) is 2.98. The average Bonchev–Trinajstić information content (AvgIpc) is 2.81. The smallest absolute Gasteiger partial charge is 0.242 e. The minimum atomic E-state index is 0.343. The van der Waals surface area contributed by atoms with Crippen molar-refractivity contribution in [1.82, 2.24) is 15.1 Å². The van der Waals surface area contributed by atoms with E-state index in [-0.39, 0.29) is 0 Å². The summed E-state index contributed by atoms with van der Waals surface area (Å²) in [4.78, 5) is 7.87. The largest absolute Gasteiger partial charge is 0.479 e. The Labute approximate surface area is 91.6 Å². The van der Waals surface area contributed by atoms with E-state index in [0.29, 0.717) is 29.7 Å². The predicted octanol–water partition coefficient (Wildman–Crippen LogP) is 0.667. The molecule has 0 bridgehead atoms. The second-order valence-corrected chi connectivity index (χ2v) is 2.98.